The normalized spacial score (nSPS) is 28.2. The molecule has 2 saturated carbocycles. The highest BCUT2D eigenvalue weighted by Gasteiger charge is 2.53. The number of rotatable bonds is 1. The van der Waals surface area contributed by atoms with Crippen molar-refractivity contribution in [1.29, 1.82) is 0 Å². The lowest BCUT2D eigenvalue weighted by Crippen LogP contribution is -2.35. The number of fused-ring (bicyclic) bond motifs is 7. The maximum atomic E-state index is 7.00. The molecule has 2 aliphatic carbocycles. The lowest BCUT2D eigenvalue weighted by atomic mass is 9.68. The minimum atomic E-state index is 0. The largest absolute Gasteiger partial charge is 0.412 e. The van der Waals surface area contributed by atoms with Gasteiger partial charge in [0.25, 0.3) is 0 Å². The third-order valence-corrected chi connectivity index (χ3v) is 6.40. The van der Waals surface area contributed by atoms with E-state index in [-0.39, 0.29) is 6.90 Å². The number of hydrogen-bond donors (Lipinski definition) is 3. The van der Waals surface area contributed by atoms with Crippen LogP contribution in [0.1, 0.15) is 49.3 Å². The van der Waals surface area contributed by atoms with E-state index in [1.165, 1.54) is 36.1 Å². The average molecular weight is 387 g/mol. The maximum absolute atomic E-state index is 7.00. The number of aliphatic hydroxyl groups is 1. The van der Waals surface area contributed by atoms with E-state index in [1.54, 1.807) is 5.56 Å². The molecule has 5 N–H and O–H groups in total. The zero-order valence-electron chi connectivity index (χ0n) is 17.6. The van der Waals surface area contributed by atoms with E-state index in [9.17, 15) is 0 Å². The van der Waals surface area contributed by atoms with Crippen molar-refractivity contribution in [2.24, 2.45) is 17.8 Å². The van der Waals surface area contributed by atoms with Crippen LogP contribution in [0.15, 0.2) is 48.5 Å². The number of anilines is 1. The van der Waals surface area contributed by atoms with Gasteiger partial charge in [-0.2, -0.15) is 0 Å². The lowest BCUT2D eigenvalue weighted by molar-refractivity contribution is 0.247. The second kappa shape index (κ2) is 10.1. The fourth-order valence-corrected chi connectivity index (χ4v) is 5.60. The average Bonchev–Trinajstić information content (AvgIpc) is 3.33. The molecule has 1 aliphatic heterocycles. The molecule has 2 aromatic rings. The zero-order chi connectivity index (χ0) is 19.4. The predicted molar refractivity (Wildman–Crippen MR) is 120 cm³/mol. The predicted octanol–water partition coefficient (Wildman–Crippen LogP) is 4.16. The van der Waals surface area contributed by atoms with Gasteiger partial charge in [0.1, 0.15) is 0 Å². The maximum Gasteiger partial charge on any atom is 0.0550 e. The molecular weight excluding hydrogens is 348 g/mol. The van der Waals surface area contributed by atoms with Crippen molar-refractivity contribution >= 4 is 5.69 Å². The molecule has 0 amide bonds. The summed E-state index contributed by atoms with van der Waals surface area (Å²) in [5, 5.41) is 13.6. The third-order valence-electron chi connectivity index (χ3n) is 6.40. The molecule has 0 spiro atoms. The van der Waals surface area contributed by atoms with Crippen molar-refractivity contribution in [3.63, 3.8) is 0 Å². The Labute approximate surface area is 171 Å². The van der Waals surface area contributed by atoms with Crippen LogP contribution in [0.3, 0.4) is 0 Å². The van der Waals surface area contributed by atoms with Crippen LogP contribution in [-0.2, 0) is 0 Å². The van der Waals surface area contributed by atoms with Crippen molar-refractivity contribution < 1.29 is 12.0 Å². The summed E-state index contributed by atoms with van der Waals surface area (Å²) < 4.78 is 0. The first-order chi connectivity index (χ1) is 13.2. The van der Waals surface area contributed by atoms with Crippen LogP contribution >= 0.6 is 0 Å². The second-order valence-corrected chi connectivity index (χ2v) is 8.06. The highest BCUT2D eigenvalue weighted by molar-refractivity contribution is 5.59. The third kappa shape index (κ3) is 4.09. The summed E-state index contributed by atoms with van der Waals surface area (Å²) in [4.78, 5) is 0. The molecule has 2 fully saturated rings. The summed E-state index contributed by atoms with van der Waals surface area (Å²) in [5.74, 6) is 3.40. The molecule has 0 aromatic heterocycles. The first-order valence-electron chi connectivity index (χ1n) is 10.2. The minimum Gasteiger partial charge on any atom is -0.412 e. The summed E-state index contributed by atoms with van der Waals surface area (Å²) in [6, 6.07) is 18.6. The minimum absolute atomic E-state index is 0. The molecule has 5 unspecified atom stereocenters. The van der Waals surface area contributed by atoms with Gasteiger partial charge in [-0.25, -0.2) is 0 Å². The number of nitrogens with one attached hydrogen (secondary N) is 2. The van der Waals surface area contributed by atoms with Gasteiger partial charge < -0.3 is 21.2 Å². The molecule has 5 atom stereocenters. The van der Waals surface area contributed by atoms with Gasteiger partial charge in [0.05, 0.1) is 6.04 Å². The molecule has 4 nitrogen and oxygen atoms in total. The van der Waals surface area contributed by atoms with Gasteiger partial charge in [-0.15, -0.1) is 0 Å². The van der Waals surface area contributed by atoms with E-state index in [4.69, 9.17) is 5.11 Å². The molecule has 0 saturated heterocycles. The zero-order valence-corrected chi connectivity index (χ0v) is 17.6. The standard InChI is InChI=1S/C21H23N.C2H7N.CH4O.H2O.H2/c1-13-7-10-18-17(11-13)19-15-8-9-16(12-15)20(19)21(22-18)14-5-3-2-4-6-14;1-3-2;1-2;;/h2-7,10-11,15-16,19-22H,8-9,12H2,1H3;3H,1-2H3;2H,1H3;1H2;1H. The van der Waals surface area contributed by atoms with Crippen molar-refractivity contribution in [3.05, 3.63) is 65.2 Å². The molecule has 5 rings (SSSR count). The van der Waals surface area contributed by atoms with Crippen LogP contribution < -0.4 is 10.6 Å². The number of aryl methyl sites for hydroxylation is 1. The Hall–Kier alpha value is -1.88. The van der Waals surface area contributed by atoms with Crippen LogP contribution in [0.2, 0.25) is 0 Å². The van der Waals surface area contributed by atoms with Crippen LogP contribution in [0.25, 0.3) is 0 Å². The smallest absolute Gasteiger partial charge is 0.0550 e. The van der Waals surface area contributed by atoms with E-state index in [2.05, 4.69) is 66.1 Å². The Morgan fingerprint density at radius 2 is 1.64 bits per heavy atom. The number of hydrogen-bond acceptors (Lipinski definition) is 3. The van der Waals surface area contributed by atoms with Gasteiger partial charge in [-0.3, -0.25) is 0 Å². The van der Waals surface area contributed by atoms with Gasteiger partial charge in [0.2, 0.25) is 0 Å². The SMILES string of the molecule is CNC.CO.Cc1ccc2c(c1)C1C3CCC(C3)C1C(c1ccccc1)N2.O.[HH]. The van der Waals surface area contributed by atoms with E-state index >= 15 is 0 Å². The topological polar surface area (TPSA) is 75.8 Å². The second-order valence-electron chi connectivity index (χ2n) is 8.06. The van der Waals surface area contributed by atoms with E-state index < -0.39 is 0 Å². The van der Waals surface area contributed by atoms with E-state index in [1.807, 2.05) is 14.1 Å². The first-order valence-corrected chi connectivity index (χ1v) is 10.2. The molecule has 4 heteroatoms. The molecule has 2 aromatic carbocycles. The van der Waals surface area contributed by atoms with Crippen molar-refractivity contribution in [2.75, 3.05) is 26.5 Å². The highest BCUT2D eigenvalue weighted by Crippen LogP contribution is 2.63. The monoisotopic (exact) mass is 386 g/mol. The highest BCUT2D eigenvalue weighted by atomic mass is 16.2. The van der Waals surface area contributed by atoms with E-state index in [0.29, 0.717) is 6.04 Å². The van der Waals surface area contributed by atoms with Crippen molar-refractivity contribution in [3.8, 4) is 0 Å². The summed E-state index contributed by atoms with van der Waals surface area (Å²) >= 11 is 0. The van der Waals surface area contributed by atoms with Crippen LogP contribution in [-0.4, -0.2) is 31.8 Å². The first kappa shape index (κ1) is 22.4. The van der Waals surface area contributed by atoms with Crippen LogP contribution in [0, 0.1) is 24.7 Å². The summed E-state index contributed by atoms with van der Waals surface area (Å²) in [5.41, 5.74) is 5.86. The van der Waals surface area contributed by atoms with Crippen molar-refractivity contribution in [1.82, 2.24) is 5.32 Å². The van der Waals surface area contributed by atoms with Gasteiger partial charge >= 0.3 is 0 Å². The van der Waals surface area contributed by atoms with Gasteiger partial charge in [-0.1, -0.05) is 48.0 Å². The lowest BCUT2D eigenvalue weighted by Gasteiger charge is -2.43. The number of aliphatic hydroxyl groups excluding tert-OH is 1. The molecule has 1 heterocycles. The van der Waals surface area contributed by atoms with Crippen LogP contribution in [0.5, 0.6) is 0 Å². The fourth-order valence-electron chi connectivity index (χ4n) is 5.60. The summed E-state index contributed by atoms with van der Waals surface area (Å²) in [6.07, 6.45) is 4.34. The molecule has 2 bridgehead atoms. The Morgan fingerprint density at radius 1 is 1.00 bits per heavy atom. The van der Waals surface area contributed by atoms with Gasteiger partial charge in [0, 0.05) is 14.2 Å². The quantitative estimate of drug-likeness (QED) is 0.689. The molecule has 156 valence electrons. The Morgan fingerprint density at radius 3 is 2.32 bits per heavy atom. The number of benzene rings is 2. The Balaban J connectivity index is 0.000000555. The molecule has 3 aliphatic rings. The summed E-state index contributed by atoms with van der Waals surface area (Å²) in [6.45, 7) is 2.23. The fraction of sp³-hybridized carbons (Fsp3) is 0.500. The molecular formula is C24H38N2O2. The molecule has 28 heavy (non-hydrogen) atoms. The molecule has 0 radical (unpaired) electrons. The van der Waals surface area contributed by atoms with Gasteiger partial charge in [-0.05, 0) is 81.1 Å². The Bertz CT molecular complexity index is 741. The summed E-state index contributed by atoms with van der Waals surface area (Å²) in [7, 11) is 4.75. The van der Waals surface area contributed by atoms with Crippen LogP contribution in [0.4, 0.5) is 5.69 Å². The Kier molecular flexibility index (Phi) is 8.05. The van der Waals surface area contributed by atoms with Crippen molar-refractivity contribution in [2.45, 2.75) is 38.1 Å². The van der Waals surface area contributed by atoms with Gasteiger partial charge in [0.15, 0.2) is 0 Å². The van der Waals surface area contributed by atoms with E-state index in [0.717, 1.165) is 30.8 Å².